The van der Waals surface area contributed by atoms with Gasteiger partial charge in [-0.25, -0.2) is 0 Å². The SMILES string of the molecule is [CH]=CC(O)OC. The average Bonchev–Trinajstić information content (AvgIpc) is 1.65. The molecule has 35 valence electrons. The molecule has 0 aliphatic carbocycles. The maximum absolute atomic E-state index is 8.26. The highest BCUT2D eigenvalue weighted by Gasteiger charge is 1.85. The Morgan fingerprint density at radius 2 is 2.50 bits per heavy atom. The Morgan fingerprint density at radius 1 is 2.00 bits per heavy atom. The summed E-state index contributed by atoms with van der Waals surface area (Å²) in [6, 6.07) is 0. The van der Waals surface area contributed by atoms with Gasteiger partial charge in [0.2, 0.25) is 0 Å². The van der Waals surface area contributed by atoms with Crippen LogP contribution >= 0.6 is 0 Å². The number of hydrogen-bond acceptors (Lipinski definition) is 2. The zero-order valence-corrected chi connectivity index (χ0v) is 3.59. The lowest BCUT2D eigenvalue weighted by Crippen LogP contribution is -2.02. The molecule has 0 bridgehead atoms. The summed E-state index contributed by atoms with van der Waals surface area (Å²) in [5, 5.41) is 8.26. The fourth-order valence-corrected chi connectivity index (χ4v) is 0.0786. The minimum absolute atomic E-state index is 0.912. The summed E-state index contributed by atoms with van der Waals surface area (Å²) in [4.78, 5) is 0. The fourth-order valence-electron chi connectivity index (χ4n) is 0.0786. The highest BCUT2D eigenvalue weighted by molar-refractivity contribution is 4.64. The second-order valence-electron chi connectivity index (χ2n) is 0.819. The molecule has 2 heteroatoms. The largest absolute Gasteiger partial charge is 0.365 e. The molecule has 1 N–H and O–H groups in total. The molecule has 0 saturated carbocycles. The van der Waals surface area contributed by atoms with E-state index in [0.717, 1.165) is 6.08 Å². The van der Waals surface area contributed by atoms with E-state index in [0.29, 0.717) is 0 Å². The van der Waals surface area contributed by atoms with Gasteiger partial charge in [-0.3, -0.25) is 0 Å². The minimum Gasteiger partial charge on any atom is -0.365 e. The maximum Gasteiger partial charge on any atom is 0.174 e. The van der Waals surface area contributed by atoms with E-state index in [-0.39, 0.29) is 0 Å². The quantitative estimate of drug-likeness (QED) is 0.478. The number of methoxy groups -OCH3 is 1. The van der Waals surface area contributed by atoms with Crippen LogP contribution in [0.25, 0.3) is 0 Å². The van der Waals surface area contributed by atoms with E-state index in [1.807, 2.05) is 0 Å². The Morgan fingerprint density at radius 3 is 2.50 bits per heavy atom. The Bertz CT molecular complexity index is 42.8. The van der Waals surface area contributed by atoms with Crippen molar-refractivity contribution in [3.63, 3.8) is 0 Å². The molecule has 0 aromatic heterocycles. The number of aliphatic hydroxyl groups excluding tert-OH is 1. The average molecular weight is 87.1 g/mol. The van der Waals surface area contributed by atoms with E-state index in [1.54, 1.807) is 0 Å². The van der Waals surface area contributed by atoms with E-state index in [4.69, 9.17) is 11.7 Å². The summed E-state index contributed by atoms with van der Waals surface area (Å²) in [7, 11) is 1.37. The Labute approximate surface area is 37.1 Å². The summed E-state index contributed by atoms with van der Waals surface area (Å²) in [5.74, 6) is 0. The van der Waals surface area contributed by atoms with Crippen molar-refractivity contribution < 1.29 is 9.84 Å². The zero-order valence-electron chi connectivity index (χ0n) is 3.59. The number of aliphatic hydroxyl groups is 1. The van der Waals surface area contributed by atoms with Crippen molar-refractivity contribution in [1.29, 1.82) is 0 Å². The predicted molar refractivity (Wildman–Crippen MR) is 21.9 cm³/mol. The van der Waals surface area contributed by atoms with Crippen molar-refractivity contribution in [3.05, 3.63) is 12.7 Å². The van der Waals surface area contributed by atoms with Crippen LogP contribution in [0.2, 0.25) is 0 Å². The first-order chi connectivity index (χ1) is 2.81. The standard InChI is InChI=1S/C4H7O2/c1-3-4(5)6-2/h1,3-5H,2H3. The van der Waals surface area contributed by atoms with Crippen LogP contribution in [0.4, 0.5) is 0 Å². The van der Waals surface area contributed by atoms with Crippen molar-refractivity contribution in [1.82, 2.24) is 0 Å². The molecule has 6 heavy (non-hydrogen) atoms. The Kier molecular flexibility index (Phi) is 2.71. The van der Waals surface area contributed by atoms with Crippen molar-refractivity contribution >= 4 is 0 Å². The molecule has 0 aromatic carbocycles. The molecule has 0 heterocycles. The molecule has 0 rings (SSSR count). The summed E-state index contributed by atoms with van der Waals surface area (Å²) in [6.07, 6.45) is 0.144. The number of ether oxygens (including phenoxy) is 1. The fraction of sp³-hybridized carbons (Fsp3) is 0.500. The van der Waals surface area contributed by atoms with Gasteiger partial charge in [-0.1, -0.05) is 6.58 Å². The molecule has 0 spiro atoms. The van der Waals surface area contributed by atoms with Crippen LogP contribution in [-0.4, -0.2) is 18.5 Å². The minimum atomic E-state index is -0.912. The molecule has 0 saturated heterocycles. The van der Waals surface area contributed by atoms with E-state index < -0.39 is 6.29 Å². The van der Waals surface area contributed by atoms with Gasteiger partial charge in [0, 0.05) is 7.11 Å². The first-order valence-corrected chi connectivity index (χ1v) is 1.57. The monoisotopic (exact) mass is 87.0 g/mol. The maximum atomic E-state index is 8.26. The lowest BCUT2D eigenvalue weighted by atomic mass is 10.6. The summed E-state index contributed by atoms with van der Waals surface area (Å²) in [5.41, 5.74) is 0. The normalized spacial score (nSPS) is 13.7. The van der Waals surface area contributed by atoms with Crippen LogP contribution in [-0.2, 0) is 4.74 Å². The van der Waals surface area contributed by atoms with Gasteiger partial charge in [0.05, 0.1) is 0 Å². The molecule has 0 amide bonds. The van der Waals surface area contributed by atoms with Gasteiger partial charge in [-0.2, -0.15) is 0 Å². The smallest absolute Gasteiger partial charge is 0.174 e. The molecular formula is C4H7O2. The Hall–Kier alpha value is -0.340. The molecule has 1 atom stereocenters. The van der Waals surface area contributed by atoms with E-state index in [2.05, 4.69) is 4.74 Å². The summed E-state index contributed by atoms with van der Waals surface area (Å²) < 4.78 is 4.27. The van der Waals surface area contributed by atoms with E-state index >= 15 is 0 Å². The van der Waals surface area contributed by atoms with Crippen LogP contribution in [0.3, 0.4) is 0 Å². The van der Waals surface area contributed by atoms with E-state index in [9.17, 15) is 0 Å². The molecule has 1 radical (unpaired) electrons. The third-order valence-corrected chi connectivity index (χ3v) is 0.406. The molecule has 0 aliphatic heterocycles. The first kappa shape index (κ1) is 5.66. The van der Waals surface area contributed by atoms with Crippen LogP contribution < -0.4 is 0 Å². The topological polar surface area (TPSA) is 29.5 Å². The van der Waals surface area contributed by atoms with Crippen molar-refractivity contribution in [2.45, 2.75) is 6.29 Å². The second-order valence-corrected chi connectivity index (χ2v) is 0.819. The van der Waals surface area contributed by atoms with Gasteiger partial charge in [-0.05, 0) is 6.08 Å². The van der Waals surface area contributed by atoms with Gasteiger partial charge >= 0.3 is 0 Å². The zero-order chi connectivity index (χ0) is 4.99. The lowest BCUT2D eigenvalue weighted by Gasteiger charge is -1.96. The Balaban J connectivity index is 2.96. The van der Waals surface area contributed by atoms with Crippen molar-refractivity contribution in [2.24, 2.45) is 0 Å². The summed E-state index contributed by atoms with van der Waals surface area (Å²) in [6.45, 7) is 4.78. The highest BCUT2D eigenvalue weighted by Crippen LogP contribution is 1.78. The number of hydrogen-bond donors (Lipinski definition) is 1. The lowest BCUT2D eigenvalue weighted by molar-refractivity contribution is -0.0356. The van der Waals surface area contributed by atoms with Crippen LogP contribution in [0.5, 0.6) is 0 Å². The molecule has 0 aromatic rings. The predicted octanol–water partition coefficient (Wildman–Crippen LogP) is -0.0596. The third kappa shape index (κ3) is 1.93. The molecule has 0 aliphatic rings. The van der Waals surface area contributed by atoms with Crippen LogP contribution in [0.1, 0.15) is 0 Å². The third-order valence-electron chi connectivity index (χ3n) is 0.406. The van der Waals surface area contributed by atoms with Crippen molar-refractivity contribution in [2.75, 3.05) is 7.11 Å². The molecule has 1 unspecified atom stereocenters. The second kappa shape index (κ2) is 2.87. The van der Waals surface area contributed by atoms with Gasteiger partial charge < -0.3 is 9.84 Å². The van der Waals surface area contributed by atoms with E-state index in [1.165, 1.54) is 7.11 Å². The van der Waals surface area contributed by atoms with Crippen LogP contribution in [0, 0.1) is 6.58 Å². The van der Waals surface area contributed by atoms with Gasteiger partial charge in [0.25, 0.3) is 0 Å². The number of rotatable bonds is 2. The van der Waals surface area contributed by atoms with Crippen LogP contribution in [0.15, 0.2) is 6.08 Å². The van der Waals surface area contributed by atoms with Gasteiger partial charge in [0.15, 0.2) is 6.29 Å². The van der Waals surface area contributed by atoms with Gasteiger partial charge in [0.1, 0.15) is 0 Å². The first-order valence-electron chi connectivity index (χ1n) is 1.57. The molecular weight excluding hydrogens is 80.0 g/mol. The molecule has 2 nitrogen and oxygen atoms in total. The highest BCUT2D eigenvalue weighted by atomic mass is 16.6. The van der Waals surface area contributed by atoms with Gasteiger partial charge in [-0.15, -0.1) is 0 Å². The summed E-state index contributed by atoms with van der Waals surface area (Å²) >= 11 is 0. The molecule has 0 fully saturated rings. The van der Waals surface area contributed by atoms with Crippen molar-refractivity contribution in [3.8, 4) is 0 Å².